The van der Waals surface area contributed by atoms with Crippen LogP contribution in [0.15, 0.2) is 38.8 Å². The summed E-state index contributed by atoms with van der Waals surface area (Å²) in [5.41, 5.74) is -1.23. The molecule has 0 saturated heterocycles. The number of nitrogens with one attached hydrogen (secondary N) is 3. The minimum atomic E-state index is -4.04. The molecule has 3 N–H and O–H groups in total. The Kier molecular flexibility index (Phi) is 5.97. The van der Waals surface area contributed by atoms with Crippen LogP contribution in [0.2, 0.25) is 0 Å². The first-order valence-electron chi connectivity index (χ1n) is 6.95. The van der Waals surface area contributed by atoms with E-state index in [0.717, 1.165) is 0 Å². The van der Waals surface area contributed by atoms with Crippen molar-refractivity contribution in [2.24, 2.45) is 0 Å². The van der Waals surface area contributed by atoms with Crippen LogP contribution in [0, 0.1) is 12.7 Å². The van der Waals surface area contributed by atoms with E-state index in [-0.39, 0.29) is 18.1 Å². The zero-order chi connectivity index (χ0) is 17.7. The molecule has 0 atom stereocenters. The minimum Gasteiger partial charge on any atom is -0.310 e. The first-order valence-corrected chi connectivity index (χ1v) is 9.59. The number of sulfonamides is 1. The second-order valence-electron chi connectivity index (χ2n) is 4.90. The van der Waals surface area contributed by atoms with Gasteiger partial charge in [-0.3, -0.25) is 9.78 Å². The van der Waals surface area contributed by atoms with Gasteiger partial charge in [-0.15, -0.1) is 0 Å². The number of halogens is 1. The van der Waals surface area contributed by atoms with Gasteiger partial charge in [-0.05, 0) is 18.6 Å². The highest BCUT2D eigenvalue weighted by Gasteiger charge is 2.21. The van der Waals surface area contributed by atoms with E-state index in [4.69, 9.17) is 0 Å². The predicted molar refractivity (Wildman–Crippen MR) is 90.2 cm³/mol. The molecule has 1 heterocycles. The zero-order valence-corrected chi connectivity index (χ0v) is 14.4. The monoisotopic (exact) mass is 373 g/mol. The minimum absolute atomic E-state index is 0.0322. The number of rotatable bonds is 7. The van der Waals surface area contributed by atoms with Crippen LogP contribution < -0.4 is 16.0 Å². The smallest absolute Gasteiger partial charge is 0.310 e. The summed E-state index contributed by atoms with van der Waals surface area (Å²) in [4.78, 5) is 26.4. The number of thioether (sulfide) groups is 1. The van der Waals surface area contributed by atoms with Crippen LogP contribution in [0.3, 0.4) is 0 Å². The number of aryl methyl sites for hydroxylation is 1. The Morgan fingerprint density at radius 3 is 2.58 bits per heavy atom. The number of benzene rings is 1. The normalized spacial score (nSPS) is 11.6. The van der Waals surface area contributed by atoms with Gasteiger partial charge in [0.15, 0.2) is 4.90 Å². The van der Waals surface area contributed by atoms with Crippen molar-refractivity contribution in [3.05, 3.63) is 62.2 Å². The van der Waals surface area contributed by atoms with E-state index in [2.05, 4.69) is 9.71 Å². The quantitative estimate of drug-likeness (QED) is 0.619. The van der Waals surface area contributed by atoms with Crippen molar-refractivity contribution in [2.45, 2.75) is 17.6 Å². The van der Waals surface area contributed by atoms with Crippen molar-refractivity contribution >= 4 is 21.8 Å². The number of hydrogen-bond donors (Lipinski definition) is 3. The third-order valence-corrected chi connectivity index (χ3v) is 5.72. The molecule has 7 nitrogen and oxygen atoms in total. The number of aromatic nitrogens is 2. The molecule has 130 valence electrons. The summed E-state index contributed by atoms with van der Waals surface area (Å²) in [6.45, 7) is 1.40. The lowest BCUT2D eigenvalue weighted by Crippen LogP contribution is -2.35. The van der Waals surface area contributed by atoms with Crippen LogP contribution in [0.4, 0.5) is 4.39 Å². The van der Waals surface area contributed by atoms with Gasteiger partial charge in [0.05, 0.1) is 0 Å². The summed E-state index contributed by atoms with van der Waals surface area (Å²) in [5.74, 6) is 0.501. The van der Waals surface area contributed by atoms with Crippen molar-refractivity contribution < 1.29 is 12.8 Å². The summed E-state index contributed by atoms with van der Waals surface area (Å²) >= 11 is 1.36. The van der Waals surface area contributed by atoms with Crippen LogP contribution in [-0.2, 0) is 15.8 Å². The third kappa shape index (κ3) is 4.56. The zero-order valence-electron chi connectivity index (χ0n) is 12.8. The highest BCUT2D eigenvalue weighted by atomic mass is 32.2. The number of H-pyrrole nitrogens is 2. The van der Waals surface area contributed by atoms with Gasteiger partial charge < -0.3 is 4.98 Å². The lowest BCUT2D eigenvalue weighted by atomic mass is 10.2. The lowest BCUT2D eigenvalue weighted by Gasteiger charge is -2.08. The summed E-state index contributed by atoms with van der Waals surface area (Å²) in [7, 11) is -4.04. The maximum atomic E-state index is 13.4. The average molecular weight is 373 g/mol. The lowest BCUT2D eigenvalue weighted by molar-refractivity contribution is 0.580. The standard InChI is InChI=1S/C14H16FN3O4S2/c1-9-12(13(19)18-14(20)17-9)24(21,22)16-6-7-23-8-10-4-2-3-5-11(10)15/h2-5,16H,6-8H2,1H3,(H2,17,18,19,20). The molecular formula is C14H16FN3O4S2. The van der Waals surface area contributed by atoms with Crippen LogP contribution in [-0.4, -0.2) is 30.7 Å². The fourth-order valence-electron chi connectivity index (χ4n) is 2.03. The van der Waals surface area contributed by atoms with Crippen LogP contribution in [0.25, 0.3) is 0 Å². The highest BCUT2D eigenvalue weighted by Crippen LogP contribution is 2.15. The molecule has 0 saturated carbocycles. The van der Waals surface area contributed by atoms with Gasteiger partial charge in [-0.25, -0.2) is 22.3 Å². The van der Waals surface area contributed by atoms with Crippen molar-refractivity contribution in [2.75, 3.05) is 12.3 Å². The highest BCUT2D eigenvalue weighted by molar-refractivity contribution is 7.98. The van der Waals surface area contributed by atoms with Gasteiger partial charge in [-0.1, -0.05) is 18.2 Å². The van der Waals surface area contributed by atoms with Gasteiger partial charge in [0.2, 0.25) is 10.0 Å². The van der Waals surface area contributed by atoms with Gasteiger partial charge in [0.1, 0.15) is 5.82 Å². The molecule has 0 fully saturated rings. The summed E-state index contributed by atoms with van der Waals surface area (Å²) in [5, 5.41) is 0. The first-order chi connectivity index (χ1) is 11.3. The SMILES string of the molecule is Cc1[nH]c(=O)[nH]c(=O)c1S(=O)(=O)NCCSCc1ccccc1F. The van der Waals surface area contributed by atoms with E-state index >= 15 is 0 Å². The molecule has 0 bridgehead atoms. The van der Waals surface area contributed by atoms with Crippen molar-refractivity contribution in [3.8, 4) is 0 Å². The molecule has 0 aliphatic rings. The maximum Gasteiger partial charge on any atom is 0.325 e. The van der Waals surface area contributed by atoms with E-state index in [1.165, 1.54) is 24.8 Å². The van der Waals surface area contributed by atoms with Gasteiger partial charge in [0, 0.05) is 23.7 Å². The average Bonchev–Trinajstić information content (AvgIpc) is 2.47. The molecule has 2 rings (SSSR count). The molecule has 1 aromatic heterocycles. The molecular weight excluding hydrogens is 357 g/mol. The molecule has 0 unspecified atom stereocenters. The van der Waals surface area contributed by atoms with Gasteiger partial charge in [-0.2, -0.15) is 11.8 Å². The molecule has 1 aromatic carbocycles. The Bertz CT molecular complexity index is 938. The first kappa shape index (κ1) is 18.4. The van der Waals surface area contributed by atoms with Crippen molar-refractivity contribution in [1.29, 1.82) is 0 Å². The van der Waals surface area contributed by atoms with Gasteiger partial charge in [0.25, 0.3) is 5.56 Å². The van der Waals surface area contributed by atoms with Crippen molar-refractivity contribution in [3.63, 3.8) is 0 Å². The number of hydrogen-bond acceptors (Lipinski definition) is 5. The Hall–Kier alpha value is -1.91. The van der Waals surface area contributed by atoms with E-state index in [0.29, 0.717) is 17.1 Å². The summed E-state index contributed by atoms with van der Waals surface area (Å²) < 4.78 is 40.0. The Morgan fingerprint density at radius 2 is 1.92 bits per heavy atom. The third-order valence-electron chi connectivity index (χ3n) is 3.10. The molecule has 24 heavy (non-hydrogen) atoms. The Balaban J connectivity index is 1.93. The Labute approximate surface area is 141 Å². The molecule has 0 aliphatic heterocycles. The number of aromatic amines is 2. The summed E-state index contributed by atoms with van der Waals surface area (Å²) in [6, 6.07) is 6.36. The second kappa shape index (κ2) is 7.77. The fraction of sp³-hybridized carbons (Fsp3) is 0.286. The molecule has 0 amide bonds. The van der Waals surface area contributed by atoms with E-state index in [9.17, 15) is 22.4 Å². The maximum absolute atomic E-state index is 13.4. The van der Waals surface area contributed by atoms with E-state index in [1.807, 2.05) is 4.98 Å². The van der Waals surface area contributed by atoms with Crippen molar-refractivity contribution in [1.82, 2.24) is 14.7 Å². The second-order valence-corrected chi connectivity index (χ2v) is 7.71. The molecule has 0 aliphatic carbocycles. The van der Waals surface area contributed by atoms with Gasteiger partial charge >= 0.3 is 5.69 Å². The predicted octanol–water partition coefficient (Wildman–Crippen LogP) is 0.722. The fourth-order valence-corrected chi connectivity index (χ4v) is 4.27. The van der Waals surface area contributed by atoms with E-state index in [1.54, 1.807) is 18.2 Å². The van der Waals surface area contributed by atoms with E-state index < -0.39 is 26.2 Å². The largest absolute Gasteiger partial charge is 0.325 e. The van der Waals surface area contributed by atoms with Crippen LogP contribution >= 0.6 is 11.8 Å². The topological polar surface area (TPSA) is 112 Å². The molecule has 0 spiro atoms. The molecule has 10 heteroatoms. The van der Waals surface area contributed by atoms with Crippen LogP contribution in [0.1, 0.15) is 11.3 Å². The van der Waals surface area contributed by atoms with Crippen LogP contribution in [0.5, 0.6) is 0 Å². The molecule has 2 aromatic rings. The Morgan fingerprint density at radius 1 is 1.21 bits per heavy atom. The molecule has 0 radical (unpaired) electrons. The summed E-state index contributed by atoms with van der Waals surface area (Å²) in [6.07, 6.45) is 0.